The number of halogens is 1. The first-order valence-corrected chi connectivity index (χ1v) is 9.85. The first-order valence-electron chi connectivity index (χ1n) is 9.85. The van der Waals surface area contributed by atoms with Crippen LogP contribution in [0.1, 0.15) is 30.4 Å². The number of likely N-dealkylation sites (tertiary alicyclic amines) is 1. The van der Waals surface area contributed by atoms with Crippen LogP contribution in [-0.4, -0.2) is 43.8 Å². The summed E-state index contributed by atoms with van der Waals surface area (Å²) in [6.45, 7) is 2.49. The molecule has 2 aliphatic rings. The minimum Gasteiger partial charge on any atom is -1.00 e. The normalized spacial score (nSPS) is 21.7. The number of nitrogens with zero attached hydrogens (tertiary/aromatic N) is 2. The van der Waals surface area contributed by atoms with Gasteiger partial charge >= 0.3 is 0 Å². The molecule has 4 rings (SSSR count). The number of quaternary nitrogens is 1. The molecule has 2 nitrogen and oxygen atoms in total. The van der Waals surface area contributed by atoms with Crippen molar-refractivity contribution in [2.45, 2.75) is 44.2 Å². The summed E-state index contributed by atoms with van der Waals surface area (Å²) >= 11 is 0. The van der Waals surface area contributed by atoms with E-state index in [4.69, 9.17) is 0 Å². The lowest BCUT2D eigenvalue weighted by molar-refractivity contribution is -0.918. The van der Waals surface area contributed by atoms with Crippen molar-refractivity contribution in [3.8, 4) is 0 Å². The molecular formula is C23H31IN2. The molecule has 0 saturated carbocycles. The van der Waals surface area contributed by atoms with Crippen LogP contribution in [0, 0.1) is 0 Å². The monoisotopic (exact) mass is 462 g/mol. The Labute approximate surface area is 175 Å². The molecule has 1 saturated heterocycles. The van der Waals surface area contributed by atoms with E-state index in [1.807, 2.05) is 0 Å². The van der Waals surface area contributed by atoms with E-state index in [1.165, 1.54) is 55.4 Å². The molecule has 26 heavy (non-hydrogen) atoms. The second kappa shape index (κ2) is 8.30. The van der Waals surface area contributed by atoms with E-state index >= 15 is 0 Å². The Morgan fingerprint density at radius 3 is 2.12 bits per heavy atom. The van der Waals surface area contributed by atoms with E-state index in [2.05, 4.69) is 73.6 Å². The van der Waals surface area contributed by atoms with Crippen molar-refractivity contribution in [3.63, 3.8) is 0 Å². The number of piperidine rings is 1. The van der Waals surface area contributed by atoms with Crippen LogP contribution in [0.4, 0.5) is 5.69 Å². The highest BCUT2D eigenvalue weighted by Gasteiger charge is 2.36. The van der Waals surface area contributed by atoms with Crippen LogP contribution < -0.4 is 28.9 Å². The number of hydrogen-bond acceptors (Lipinski definition) is 1. The van der Waals surface area contributed by atoms with E-state index in [0.29, 0.717) is 6.04 Å². The Bertz CT molecular complexity index is 688. The van der Waals surface area contributed by atoms with Crippen LogP contribution in [0.25, 0.3) is 0 Å². The smallest absolute Gasteiger partial charge is 0.106 e. The molecule has 2 aromatic carbocycles. The summed E-state index contributed by atoms with van der Waals surface area (Å²) in [5.41, 5.74) is 4.49. The van der Waals surface area contributed by atoms with Crippen molar-refractivity contribution in [1.29, 1.82) is 0 Å². The average Bonchev–Trinajstić information content (AvgIpc) is 3.05. The molecule has 2 aromatic rings. The van der Waals surface area contributed by atoms with Gasteiger partial charge in [-0.1, -0.05) is 42.5 Å². The number of benzene rings is 2. The molecule has 1 atom stereocenters. The lowest BCUT2D eigenvalue weighted by Gasteiger charge is -2.45. The molecule has 0 bridgehead atoms. The van der Waals surface area contributed by atoms with Gasteiger partial charge in [-0.05, 0) is 48.9 Å². The molecule has 140 valence electrons. The maximum Gasteiger partial charge on any atom is 0.106 e. The number of hydrogen-bond donors (Lipinski definition) is 0. The Morgan fingerprint density at radius 2 is 1.50 bits per heavy atom. The standard InChI is InChI=1S/C23H31N2.HI/c1-25(2)15-9-8-14-23(25)18-24(21-12-4-3-5-13-21)22-16-19-10-6-7-11-20(19)17-22;/h3-7,10-13,22-23H,8-9,14-18H2,1-2H3;1H/q+1;/p-1/t23-;/m1./s1. The highest BCUT2D eigenvalue weighted by atomic mass is 127. The van der Waals surface area contributed by atoms with Gasteiger partial charge in [-0.3, -0.25) is 0 Å². The van der Waals surface area contributed by atoms with Crippen LogP contribution in [-0.2, 0) is 12.8 Å². The van der Waals surface area contributed by atoms with E-state index in [1.54, 1.807) is 11.1 Å². The van der Waals surface area contributed by atoms with Gasteiger partial charge in [0.15, 0.2) is 0 Å². The van der Waals surface area contributed by atoms with Gasteiger partial charge < -0.3 is 33.4 Å². The first-order chi connectivity index (χ1) is 12.1. The summed E-state index contributed by atoms with van der Waals surface area (Å²) in [4.78, 5) is 2.72. The highest BCUT2D eigenvalue weighted by molar-refractivity contribution is 5.50. The third kappa shape index (κ3) is 4.09. The van der Waals surface area contributed by atoms with Gasteiger partial charge in [0, 0.05) is 18.2 Å². The number of para-hydroxylation sites is 1. The van der Waals surface area contributed by atoms with E-state index in [-0.39, 0.29) is 24.0 Å². The topological polar surface area (TPSA) is 3.24 Å². The Hall–Kier alpha value is -1.07. The third-order valence-electron chi connectivity index (χ3n) is 6.48. The molecule has 0 spiro atoms. The summed E-state index contributed by atoms with van der Waals surface area (Å²) in [7, 11) is 4.85. The molecule has 0 aromatic heterocycles. The van der Waals surface area contributed by atoms with Gasteiger partial charge in [0.25, 0.3) is 0 Å². The molecule has 0 radical (unpaired) electrons. The summed E-state index contributed by atoms with van der Waals surface area (Å²) < 4.78 is 1.17. The molecule has 0 N–H and O–H groups in total. The predicted molar refractivity (Wildman–Crippen MR) is 106 cm³/mol. The Morgan fingerprint density at radius 1 is 0.885 bits per heavy atom. The molecule has 1 aliphatic heterocycles. The van der Waals surface area contributed by atoms with Crippen LogP contribution in [0.15, 0.2) is 54.6 Å². The fourth-order valence-electron chi connectivity index (χ4n) is 4.81. The lowest BCUT2D eigenvalue weighted by atomic mass is 9.98. The van der Waals surface area contributed by atoms with Crippen molar-refractivity contribution in [3.05, 3.63) is 65.7 Å². The van der Waals surface area contributed by atoms with Crippen LogP contribution in [0.3, 0.4) is 0 Å². The van der Waals surface area contributed by atoms with Gasteiger partial charge in [0.05, 0.1) is 27.2 Å². The zero-order valence-electron chi connectivity index (χ0n) is 16.1. The van der Waals surface area contributed by atoms with Crippen LogP contribution >= 0.6 is 0 Å². The van der Waals surface area contributed by atoms with Gasteiger partial charge in [-0.15, -0.1) is 0 Å². The van der Waals surface area contributed by atoms with Crippen molar-refractivity contribution >= 4 is 5.69 Å². The third-order valence-corrected chi connectivity index (χ3v) is 6.48. The van der Waals surface area contributed by atoms with Gasteiger partial charge in [0.2, 0.25) is 0 Å². The van der Waals surface area contributed by atoms with Crippen LogP contribution in [0.2, 0.25) is 0 Å². The molecule has 1 aliphatic carbocycles. The van der Waals surface area contributed by atoms with Gasteiger partial charge in [-0.2, -0.15) is 0 Å². The summed E-state index contributed by atoms with van der Waals surface area (Å²) in [6.07, 6.45) is 6.50. The lowest BCUT2D eigenvalue weighted by Crippen LogP contribution is -3.00. The number of rotatable bonds is 4. The summed E-state index contributed by atoms with van der Waals surface area (Å²) in [5.74, 6) is 0. The van der Waals surface area contributed by atoms with E-state index in [0.717, 1.165) is 6.04 Å². The zero-order valence-corrected chi connectivity index (χ0v) is 18.2. The van der Waals surface area contributed by atoms with Crippen molar-refractivity contribution in [2.75, 3.05) is 32.1 Å². The van der Waals surface area contributed by atoms with Crippen molar-refractivity contribution in [2.24, 2.45) is 0 Å². The predicted octanol–water partition coefficient (Wildman–Crippen LogP) is 1.29. The van der Waals surface area contributed by atoms with Gasteiger partial charge in [0.1, 0.15) is 6.04 Å². The second-order valence-electron chi connectivity index (χ2n) is 8.47. The minimum absolute atomic E-state index is 0. The number of fused-ring (bicyclic) bond motifs is 1. The number of likely N-dealkylation sites (N-methyl/N-ethyl adjacent to an activating group) is 1. The maximum atomic E-state index is 2.72. The Balaban J connectivity index is 0.00000196. The average molecular weight is 462 g/mol. The summed E-state index contributed by atoms with van der Waals surface area (Å²) in [6, 6.07) is 21.4. The fraction of sp³-hybridized carbons (Fsp3) is 0.478. The Kier molecular flexibility index (Phi) is 6.29. The van der Waals surface area contributed by atoms with Crippen molar-refractivity contribution in [1.82, 2.24) is 0 Å². The maximum absolute atomic E-state index is 2.72. The highest BCUT2D eigenvalue weighted by Crippen LogP contribution is 2.31. The van der Waals surface area contributed by atoms with E-state index < -0.39 is 0 Å². The molecule has 1 fully saturated rings. The van der Waals surface area contributed by atoms with E-state index in [9.17, 15) is 0 Å². The number of anilines is 1. The zero-order chi connectivity index (χ0) is 17.3. The minimum atomic E-state index is 0. The van der Waals surface area contributed by atoms with Gasteiger partial charge in [-0.25, -0.2) is 0 Å². The molecule has 0 unspecified atom stereocenters. The molecule has 3 heteroatoms. The van der Waals surface area contributed by atoms with Crippen LogP contribution in [0.5, 0.6) is 0 Å². The quantitative estimate of drug-likeness (QED) is 0.489. The molecule has 0 amide bonds. The largest absolute Gasteiger partial charge is 1.00 e. The SMILES string of the molecule is C[N+]1(C)CCCC[C@@H]1CN(c1ccccc1)C1Cc2ccccc2C1.[I-]. The summed E-state index contributed by atoms with van der Waals surface area (Å²) in [5, 5.41) is 0. The van der Waals surface area contributed by atoms with Crippen molar-refractivity contribution < 1.29 is 28.5 Å². The fourth-order valence-corrected chi connectivity index (χ4v) is 4.81. The molecular weight excluding hydrogens is 431 g/mol. The first kappa shape index (κ1) is 19.7. The second-order valence-corrected chi connectivity index (χ2v) is 8.47. The molecule has 1 heterocycles.